The maximum atomic E-state index is 13.7. The Morgan fingerprint density at radius 3 is 2.45 bits per heavy atom. The minimum atomic E-state index is -0.425. The molecule has 0 aromatic heterocycles. The molecule has 4 heteroatoms. The fourth-order valence-electron chi connectivity index (χ4n) is 3.01. The second kappa shape index (κ2) is 5.52. The van der Waals surface area contributed by atoms with Crippen molar-refractivity contribution in [1.29, 1.82) is 0 Å². The summed E-state index contributed by atoms with van der Waals surface area (Å²) >= 11 is 0. The van der Waals surface area contributed by atoms with E-state index in [-0.39, 0.29) is 11.5 Å². The van der Waals surface area contributed by atoms with E-state index in [4.69, 9.17) is 0 Å². The van der Waals surface area contributed by atoms with Crippen LogP contribution in [0.5, 0.6) is 0 Å². The third kappa shape index (κ3) is 2.70. The van der Waals surface area contributed by atoms with Crippen LogP contribution in [0.2, 0.25) is 0 Å². The highest BCUT2D eigenvalue weighted by Gasteiger charge is 2.34. The maximum absolute atomic E-state index is 13.7. The van der Waals surface area contributed by atoms with Gasteiger partial charge in [-0.05, 0) is 37.8 Å². The smallest absolute Gasteiger partial charge is 0.256 e. The summed E-state index contributed by atoms with van der Waals surface area (Å²) in [5.74, 6) is 0.247. The number of piperazine rings is 1. The van der Waals surface area contributed by atoms with Gasteiger partial charge in [0.15, 0.2) is 0 Å². The summed E-state index contributed by atoms with van der Waals surface area (Å²) in [6.07, 6.45) is 2.69. The van der Waals surface area contributed by atoms with Crippen LogP contribution in [0.15, 0.2) is 24.3 Å². The molecule has 1 aromatic rings. The quantitative estimate of drug-likeness (QED) is 0.846. The van der Waals surface area contributed by atoms with Gasteiger partial charge in [-0.25, -0.2) is 4.39 Å². The lowest BCUT2D eigenvalue weighted by Gasteiger charge is -2.38. The highest BCUT2D eigenvalue weighted by Crippen LogP contribution is 2.35. The molecule has 0 bridgehead atoms. The summed E-state index contributed by atoms with van der Waals surface area (Å²) in [5, 5.41) is 0. The van der Waals surface area contributed by atoms with Crippen molar-refractivity contribution in [3.63, 3.8) is 0 Å². The number of rotatable bonds is 3. The van der Waals surface area contributed by atoms with Gasteiger partial charge in [0.1, 0.15) is 5.82 Å². The Labute approximate surface area is 119 Å². The number of nitrogens with zero attached hydrogens (tertiary/aromatic N) is 2. The lowest BCUT2D eigenvalue weighted by molar-refractivity contribution is 0.0559. The van der Waals surface area contributed by atoms with Crippen LogP contribution < -0.4 is 0 Å². The Kier molecular flexibility index (Phi) is 3.74. The predicted octanol–water partition coefficient (Wildman–Crippen LogP) is 2.38. The van der Waals surface area contributed by atoms with Gasteiger partial charge in [-0.15, -0.1) is 0 Å². The largest absolute Gasteiger partial charge is 0.336 e. The van der Waals surface area contributed by atoms with E-state index in [1.165, 1.54) is 18.9 Å². The Hall–Kier alpha value is -1.42. The van der Waals surface area contributed by atoms with Crippen LogP contribution in [-0.4, -0.2) is 47.9 Å². The summed E-state index contributed by atoms with van der Waals surface area (Å²) < 4.78 is 13.7. The Bertz CT molecular complexity index is 493. The van der Waals surface area contributed by atoms with Crippen LogP contribution in [0, 0.1) is 11.7 Å². The molecule has 3 nitrogen and oxygen atoms in total. The monoisotopic (exact) mass is 276 g/mol. The highest BCUT2D eigenvalue weighted by molar-refractivity contribution is 5.94. The van der Waals surface area contributed by atoms with Crippen molar-refractivity contribution >= 4 is 5.91 Å². The zero-order valence-electron chi connectivity index (χ0n) is 11.9. The lowest BCUT2D eigenvalue weighted by Crippen LogP contribution is -2.51. The lowest BCUT2D eigenvalue weighted by atomic mass is 10.1. The molecule has 2 aliphatic rings. The third-order valence-corrected chi connectivity index (χ3v) is 4.59. The van der Waals surface area contributed by atoms with Gasteiger partial charge >= 0.3 is 0 Å². The summed E-state index contributed by atoms with van der Waals surface area (Å²) in [6.45, 7) is 5.48. The number of hydrogen-bond donors (Lipinski definition) is 0. The Morgan fingerprint density at radius 2 is 1.85 bits per heavy atom. The normalized spacial score (nSPS) is 21.8. The fourth-order valence-corrected chi connectivity index (χ4v) is 3.01. The van der Waals surface area contributed by atoms with Gasteiger partial charge in [-0.2, -0.15) is 0 Å². The number of hydrogen-bond acceptors (Lipinski definition) is 2. The standard InChI is InChI=1S/C16H21FN2O/c1-12(13-6-7-13)18-8-10-19(11-9-18)16(20)14-4-2-3-5-15(14)17/h2-5,12-13H,6-11H2,1H3. The predicted molar refractivity (Wildman–Crippen MR) is 76.1 cm³/mol. The third-order valence-electron chi connectivity index (χ3n) is 4.59. The topological polar surface area (TPSA) is 23.6 Å². The van der Waals surface area contributed by atoms with E-state index in [1.807, 2.05) is 0 Å². The van der Waals surface area contributed by atoms with Crippen LogP contribution in [0.3, 0.4) is 0 Å². The Morgan fingerprint density at radius 1 is 1.20 bits per heavy atom. The molecule has 1 amide bonds. The van der Waals surface area contributed by atoms with Crippen molar-refractivity contribution < 1.29 is 9.18 Å². The molecule has 1 saturated carbocycles. The molecule has 1 aliphatic carbocycles. The van der Waals surface area contributed by atoms with Gasteiger partial charge < -0.3 is 4.90 Å². The van der Waals surface area contributed by atoms with E-state index in [0.29, 0.717) is 19.1 Å². The number of carbonyl (C=O) groups is 1. The van der Waals surface area contributed by atoms with Crippen molar-refractivity contribution in [3.8, 4) is 0 Å². The zero-order chi connectivity index (χ0) is 14.1. The van der Waals surface area contributed by atoms with Crippen LogP contribution in [0.1, 0.15) is 30.1 Å². The first-order valence-corrected chi connectivity index (χ1v) is 7.44. The molecule has 1 unspecified atom stereocenters. The minimum Gasteiger partial charge on any atom is -0.336 e. The first kappa shape index (κ1) is 13.6. The first-order valence-electron chi connectivity index (χ1n) is 7.44. The number of carbonyl (C=O) groups excluding carboxylic acids is 1. The van der Waals surface area contributed by atoms with Gasteiger partial charge in [-0.1, -0.05) is 12.1 Å². The molecular weight excluding hydrogens is 255 g/mol. The SMILES string of the molecule is CC(C1CC1)N1CCN(C(=O)c2ccccc2F)CC1. The Balaban J connectivity index is 1.60. The minimum absolute atomic E-state index is 0.179. The molecule has 0 radical (unpaired) electrons. The first-order chi connectivity index (χ1) is 9.66. The fraction of sp³-hybridized carbons (Fsp3) is 0.562. The van der Waals surface area contributed by atoms with Crippen molar-refractivity contribution in [3.05, 3.63) is 35.6 Å². The highest BCUT2D eigenvalue weighted by atomic mass is 19.1. The van der Waals surface area contributed by atoms with Gasteiger partial charge in [0.25, 0.3) is 5.91 Å². The van der Waals surface area contributed by atoms with Crippen LogP contribution in [-0.2, 0) is 0 Å². The van der Waals surface area contributed by atoms with E-state index in [9.17, 15) is 9.18 Å². The number of halogens is 1. The van der Waals surface area contributed by atoms with Crippen LogP contribution >= 0.6 is 0 Å². The molecule has 3 rings (SSSR count). The van der Waals surface area contributed by atoms with E-state index < -0.39 is 5.82 Å². The van der Waals surface area contributed by atoms with E-state index >= 15 is 0 Å². The van der Waals surface area contributed by atoms with Crippen molar-refractivity contribution in [1.82, 2.24) is 9.80 Å². The molecule has 2 fully saturated rings. The van der Waals surface area contributed by atoms with E-state index in [1.54, 1.807) is 23.1 Å². The van der Waals surface area contributed by atoms with Crippen molar-refractivity contribution in [2.75, 3.05) is 26.2 Å². The summed E-state index contributed by atoms with van der Waals surface area (Å²) in [7, 11) is 0. The van der Waals surface area contributed by atoms with Gasteiger partial charge in [-0.3, -0.25) is 9.69 Å². The van der Waals surface area contributed by atoms with Gasteiger partial charge in [0, 0.05) is 32.2 Å². The zero-order valence-corrected chi connectivity index (χ0v) is 11.9. The summed E-state index contributed by atoms with van der Waals surface area (Å²) in [4.78, 5) is 16.5. The number of benzene rings is 1. The average molecular weight is 276 g/mol. The molecule has 1 atom stereocenters. The molecular formula is C16H21FN2O. The summed E-state index contributed by atoms with van der Waals surface area (Å²) in [6, 6.07) is 6.86. The van der Waals surface area contributed by atoms with Gasteiger partial charge in [0.2, 0.25) is 0 Å². The molecule has 1 saturated heterocycles. The van der Waals surface area contributed by atoms with Crippen molar-refractivity contribution in [2.24, 2.45) is 5.92 Å². The molecule has 1 heterocycles. The van der Waals surface area contributed by atoms with E-state index in [2.05, 4.69) is 11.8 Å². The second-order valence-corrected chi connectivity index (χ2v) is 5.89. The van der Waals surface area contributed by atoms with Gasteiger partial charge in [0.05, 0.1) is 5.56 Å². The van der Waals surface area contributed by atoms with Crippen LogP contribution in [0.4, 0.5) is 4.39 Å². The average Bonchev–Trinajstić information content (AvgIpc) is 3.31. The maximum Gasteiger partial charge on any atom is 0.256 e. The molecule has 1 aliphatic heterocycles. The van der Waals surface area contributed by atoms with Crippen molar-refractivity contribution in [2.45, 2.75) is 25.8 Å². The number of amides is 1. The van der Waals surface area contributed by atoms with E-state index in [0.717, 1.165) is 19.0 Å². The molecule has 1 aromatic carbocycles. The molecule has 0 N–H and O–H groups in total. The molecule has 0 spiro atoms. The molecule has 20 heavy (non-hydrogen) atoms. The molecule has 108 valence electrons. The summed E-state index contributed by atoms with van der Waals surface area (Å²) in [5.41, 5.74) is 0.191. The second-order valence-electron chi connectivity index (χ2n) is 5.89. The van der Waals surface area contributed by atoms with Crippen LogP contribution in [0.25, 0.3) is 0 Å².